The van der Waals surface area contributed by atoms with Crippen molar-refractivity contribution in [3.05, 3.63) is 23.8 Å². The van der Waals surface area contributed by atoms with Crippen LogP contribution in [0.2, 0.25) is 0 Å². The van der Waals surface area contributed by atoms with Gasteiger partial charge in [-0.3, -0.25) is 0 Å². The standard InChI is InChI=1S/C11H11F3N2O2/c12-11(13,14)10(4-5-10)16-8-6(9(17)18)2-1-3-7(8)15/h1-3,16H,4-5,15H2,(H,17,18). The van der Waals surface area contributed by atoms with Crippen LogP contribution in [-0.4, -0.2) is 22.8 Å². The van der Waals surface area contributed by atoms with Crippen molar-refractivity contribution < 1.29 is 23.1 Å². The van der Waals surface area contributed by atoms with Crippen molar-refractivity contribution in [2.75, 3.05) is 11.1 Å². The van der Waals surface area contributed by atoms with Gasteiger partial charge >= 0.3 is 12.1 Å². The maximum atomic E-state index is 12.8. The van der Waals surface area contributed by atoms with Crippen molar-refractivity contribution in [2.45, 2.75) is 24.6 Å². The number of nitrogens with two attached hydrogens (primary N) is 1. The summed E-state index contributed by atoms with van der Waals surface area (Å²) in [6, 6.07) is 3.96. The predicted molar refractivity (Wildman–Crippen MR) is 59.5 cm³/mol. The first-order valence-corrected chi connectivity index (χ1v) is 5.23. The number of alkyl halides is 3. The van der Waals surface area contributed by atoms with E-state index in [9.17, 15) is 18.0 Å². The quantitative estimate of drug-likeness (QED) is 0.730. The molecule has 1 aliphatic rings. The van der Waals surface area contributed by atoms with Crippen molar-refractivity contribution in [1.82, 2.24) is 0 Å². The highest BCUT2D eigenvalue weighted by Gasteiger charge is 2.63. The molecule has 1 saturated carbocycles. The minimum atomic E-state index is -4.43. The average molecular weight is 260 g/mol. The fourth-order valence-corrected chi connectivity index (χ4v) is 1.73. The Bertz CT molecular complexity index is 496. The number of hydrogen-bond acceptors (Lipinski definition) is 3. The number of para-hydroxylation sites is 1. The molecule has 0 amide bonds. The maximum absolute atomic E-state index is 12.8. The largest absolute Gasteiger partial charge is 0.478 e. The third-order valence-electron chi connectivity index (χ3n) is 2.98. The Morgan fingerprint density at radius 2 is 2.00 bits per heavy atom. The number of carbonyl (C=O) groups is 1. The molecule has 1 aromatic rings. The van der Waals surface area contributed by atoms with Gasteiger partial charge in [-0.2, -0.15) is 13.2 Å². The first kappa shape index (κ1) is 12.5. The summed E-state index contributed by atoms with van der Waals surface area (Å²) in [5.74, 6) is -1.32. The molecule has 0 saturated heterocycles. The summed E-state index contributed by atoms with van der Waals surface area (Å²) in [6.45, 7) is 0. The summed E-state index contributed by atoms with van der Waals surface area (Å²) >= 11 is 0. The molecule has 0 aromatic heterocycles. The van der Waals surface area contributed by atoms with E-state index in [1.54, 1.807) is 0 Å². The molecule has 1 aliphatic carbocycles. The Kier molecular flexibility index (Phi) is 2.64. The number of hydrogen-bond donors (Lipinski definition) is 3. The zero-order chi connectivity index (χ0) is 13.6. The zero-order valence-electron chi connectivity index (χ0n) is 9.21. The van der Waals surface area contributed by atoms with E-state index >= 15 is 0 Å². The van der Waals surface area contributed by atoms with E-state index in [4.69, 9.17) is 10.8 Å². The number of halogens is 3. The summed E-state index contributed by atoms with van der Waals surface area (Å²) in [5, 5.41) is 11.2. The molecule has 2 rings (SSSR count). The third kappa shape index (κ3) is 1.96. The van der Waals surface area contributed by atoms with Crippen LogP contribution >= 0.6 is 0 Å². The van der Waals surface area contributed by atoms with Gasteiger partial charge in [0.05, 0.1) is 16.9 Å². The molecule has 4 nitrogen and oxygen atoms in total. The molecule has 1 fully saturated rings. The Labute approximate surface area is 101 Å². The van der Waals surface area contributed by atoms with E-state index in [2.05, 4.69) is 5.32 Å². The molecular formula is C11H11F3N2O2. The summed E-state index contributed by atoms with van der Waals surface area (Å²) in [4.78, 5) is 11.0. The van der Waals surface area contributed by atoms with Crippen molar-refractivity contribution >= 4 is 17.3 Å². The van der Waals surface area contributed by atoms with E-state index in [0.29, 0.717) is 0 Å². The van der Waals surface area contributed by atoms with Crippen LogP contribution < -0.4 is 11.1 Å². The van der Waals surface area contributed by atoms with Gasteiger partial charge in [-0.05, 0) is 25.0 Å². The van der Waals surface area contributed by atoms with Crippen molar-refractivity contribution in [1.29, 1.82) is 0 Å². The normalized spacial score (nSPS) is 17.3. The van der Waals surface area contributed by atoms with Gasteiger partial charge in [0.15, 0.2) is 0 Å². The fourth-order valence-electron chi connectivity index (χ4n) is 1.73. The number of carboxylic acid groups (broad SMARTS) is 1. The molecule has 0 atom stereocenters. The van der Waals surface area contributed by atoms with Crippen molar-refractivity contribution in [2.24, 2.45) is 0 Å². The SMILES string of the molecule is Nc1cccc(C(=O)O)c1NC1(C(F)(F)F)CC1. The molecule has 4 N–H and O–H groups in total. The lowest BCUT2D eigenvalue weighted by atomic mass is 10.1. The van der Waals surface area contributed by atoms with Gasteiger partial charge in [0, 0.05) is 0 Å². The molecule has 0 unspecified atom stereocenters. The van der Waals surface area contributed by atoms with Crippen LogP contribution in [0.4, 0.5) is 24.5 Å². The zero-order valence-corrected chi connectivity index (χ0v) is 9.21. The second-order valence-electron chi connectivity index (χ2n) is 4.28. The first-order chi connectivity index (χ1) is 8.27. The topological polar surface area (TPSA) is 75.4 Å². The molecule has 0 heterocycles. The van der Waals surface area contributed by atoms with Crippen LogP contribution in [0.3, 0.4) is 0 Å². The molecule has 0 bridgehead atoms. The summed E-state index contributed by atoms with van der Waals surface area (Å²) in [6.07, 6.45) is -4.58. The van der Waals surface area contributed by atoms with Gasteiger partial charge in [0.1, 0.15) is 5.54 Å². The van der Waals surface area contributed by atoms with E-state index in [1.807, 2.05) is 0 Å². The van der Waals surface area contributed by atoms with Crippen LogP contribution in [0.15, 0.2) is 18.2 Å². The minimum Gasteiger partial charge on any atom is -0.478 e. The number of nitrogens with one attached hydrogen (secondary N) is 1. The fraction of sp³-hybridized carbons (Fsp3) is 0.364. The van der Waals surface area contributed by atoms with Crippen molar-refractivity contribution in [3.8, 4) is 0 Å². The summed E-state index contributed by atoms with van der Waals surface area (Å²) < 4.78 is 38.4. The maximum Gasteiger partial charge on any atom is 0.411 e. The molecule has 98 valence electrons. The van der Waals surface area contributed by atoms with Gasteiger partial charge in [0.25, 0.3) is 0 Å². The Hall–Kier alpha value is -1.92. The highest BCUT2D eigenvalue weighted by atomic mass is 19.4. The van der Waals surface area contributed by atoms with Crippen LogP contribution in [0.5, 0.6) is 0 Å². The van der Waals surface area contributed by atoms with E-state index in [1.165, 1.54) is 18.2 Å². The Morgan fingerprint density at radius 1 is 1.39 bits per heavy atom. The molecule has 7 heteroatoms. The van der Waals surface area contributed by atoms with Crippen LogP contribution in [0.1, 0.15) is 23.2 Å². The second-order valence-corrected chi connectivity index (χ2v) is 4.28. The summed E-state index contributed by atoms with van der Waals surface area (Å²) in [5.41, 5.74) is 3.07. The Morgan fingerprint density at radius 3 is 2.44 bits per heavy atom. The average Bonchev–Trinajstić information content (AvgIpc) is 3.00. The molecule has 0 radical (unpaired) electrons. The molecular weight excluding hydrogens is 249 g/mol. The monoisotopic (exact) mass is 260 g/mol. The molecule has 0 aliphatic heterocycles. The molecule has 0 spiro atoms. The lowest BCUT2D eigenvalue weighted by Crippen LogP contribution is -2.39. The molecule has 18 heavy (non-hydrogen) atoms. The van der Waals surface area contributed by atoms with Crippen LogP contribution in [0, 0.1) is 0 Å². The first-order valence-electron chi connectivity index (χ1n) is 5.23. The van der Waals surface area contributed by atoms with Gasteiger partial charge in [-0.25, -0.2) is 4.79 Å². The number of aromatic carboxylic acids is 1. The second kappa shape index (κ2) is 3.79. The van der Waals surface area contributed by atoms with E-state index in [0.717, 1.165) is 0 Å². The van der Waals surface area contributed by atoms with Gasteiger partial charge in [0.2, 0.25) is 0 Å². The van der Waals surface area contributed by atoms with Crippen molar-refractivity contribution in [3.63, 3.8) is 0 Å². The highest BCUT2D eigenvalue weighted by Crippen LogP contribution is 2.52. The number of nitrogen functional groups attached to an aromatic ring is 1. The van der Waals surface area contributed by atoms with Gasteiger partial charge in [-0.15, -0.1) is 0 Å². The minimum absolute atomic E-state index is 0.00887. The van der Waals surface area contributed by atoms with Crippen LogP contribution in [0.25, 0.3) is 0 Å². The van der Waals surface area contributed by atoms with E-state index < -0.39 is 17.7 Å². The number of anilines is 2. The number of benzene rings is 1. The number of rotatable bonds is 3. The van der Waals surface area contributed by atoms with Gasteiger partial charge < -0.3 is 16.2 Å². The lowest BCUT2D eigenvalue weighted by molar-refractivity contribution is -0.151. The highest BCUT2D eigenvalue weighted by molar-refractivity contribution is 5.97. The number of carboxylic acids is 1. The Balaban J connectivity index is 2.38. The smallest absolute Gasteiger partial charge is 0.411 e. The summed E-state index contributed by atoms with van der Waals surface area (Å²) in [7, 11) is 0. The third-order valence-corrected chi connectivity index (χ3v) is 2.98. The van der Waals surface area contributed by atoms with Crippen LogP contribution in [-0.2, 0) is 0 Å². The lowest BCUT2D eigenvalue weighted by Gasteiger charge is -2.23. The molecule has 1 aromatic carbocycles. The predicted octanol–water partition coefficient (Wildman–Crippen LogP) is 2.47. The van der Waals surface area contributed by atoms with E-state index in [-0.39, 0.29) is 29.8 Å². The van der Waals surface area contributed by atoms with Gasteiger partial charge in [-0.1, -0.05) is 6.07 Å².